The molecule has 0 unspecified atom stereocenters. The first-order valence-electron chi connectivity index (χ1n) is 8.13. The fourth-order valence-corrected chi connectivity index (χ4v) is 3.15. The molecule has 0 spiro atoms. The standard InChI is InChI=1S/C16H23N3O4/c1-9(2)6-13-17-10(3)14(23-13)15(20)19-5-4-11-8-22-16(21)18-12(11)7-19/h9,11-12H,4-8H2,1-3H3,(H,18,21)/t11-,12+/m1/s1. The molecule has 1 aromatic rings. The van der Waals surface area contributed by atoms with E-state index in [0.717, 1.165) is 6.42 Å². The predicted octanol–water partition coefficient (Wildman–Crippen LogP) is 1.75. The van der Waals surface area contributed by atoms with Gasteiger partial charge in [-0.15, -0.1) is 0 Å². The Kier molecular flexibility index (Phi) is 4.28. The number of hydrogen-bond donors (Lipinski definition) is 1. The van der Waals surface area contributed by atoms with Crippen LogP contribution in [-0.2, 0) is 11.2 Å². The van der Waals surface area contributed by atoms with Crippen LogP contribution in [0, 0.1) is 18.8 Å². The number of oxazole rings is 1. The largest absolute Gasteiger partial charge is 0.449 e. The first-order chi connectivity index (χ1) is 10.9. The van der Waals surface area contributed by atoms with Crippen LogP contribution in [0.4, 0.5) is 4.79 Å². The lowest BCUT2D eigenvalue weighted by Crippen LogP contribution is -2.58. The Balaban J connectivity index is 1.71. The van der Waals surface area contributed by atoms with E-state index in [0.29, 0.717) is 49.4 Å². The smallest absolute Gasteiger partial charge is 0.407 e. The summed E-state index contributed by atoms with van der Waals surface area (Å²) >= 11 is 0. The van der Waals surface area contributed by atoms with E-state index in [1.807, 2.05) is 0 Å². The summed E-state index contributed by atoms with van der Waals surface area (Å²) in [5, 5.41) is 2.80. The van der Waals surface area contributed by atoms with Gasteiger partial charge in [0.15, 0.2) is 5.89 Å². The highest BCUT2D eigenvalue weighted by molar-refractivity contribution is 5.92. The van der Waals surface area contributed by atoms with Gasteiger partial charge in [0, 0.05) is 25.4 Å². The molecule has 0 aliphatic carbocycles. The van der Waals surface area contributed by atoms with Crippen LogP contribution in [0.3, 0.4) is 0 Å². The summed E-state index contributed by atoms with van der Waals surface area (Å²) in [5.74, 6) is 1.46. The summed E-state index contributed by atoms with van der Waals surface area (Å²) in [5.41, 5.74) is 0.629. The molecule has 3 heterocycles. The Labute approximate surface area is 135 Å². The number of cyclic esters (lactones) is 1. The predicted molar refractivity (Wildman–Crippen MR) is 82.1 cm³/mol. The number of ether oxygens (including phenoxy) is 1. The minimum absolute atomic E-state index is 0.0488. The number of carbonyl (C=O) groups excluding carboxylic acids is 2. The molecule has 1 aromatic heterocycles. The van der Waals surface area contributed by atoms with Crippen molar-refractivity contribution in [3.05, 3.63) is 17.3 Å². The number of piperidine rings is 1. The summed E-state index contributed by atoms with van der Waals surface area (Å²) in [6.07, 6.45) is 1.12. The highest BCUT2D eigenvalue weighted by atomic mass is 16.6. The number of rotatable bonds is 3. The molecule has 7 nitrogen and oxygen atoms in total. The molecule has 0 saturated carbocycles. The quantitative estimate of drug-likeness (QED) is 0.917. The first kappa shape index (κ1) is 15.8. The van der Waals surface area contributed by atoms with E-state index in [2.05, 4.69) is 24.1 Å². The maximum absolute atomic E-state index is 12.7. The van der Waals surface area contributed by atoms with Gasteiger partial charge in [-0.05, 0) is 19.3 Å². The van der Waals surface area contributed by atoms with Crippen molar-refractivity contribution in [3.8, 4) is 0 Å². The lowest BCUT2D eigenvalue weighted by atomic mass is 9.91. The second kappa shape index (κ2) is 6.22. The van der Waals surface area contributed by atoms with E-state index in [9.17, 15) is 9.59 Å². The highest BCUT2D eigenvalue weighted by Gasteiger charge is 2.37. The Bertz CT molecular complexity index is 610. The zero-order chi connectivity index (χ0) is 16.6. The second-order valence-corrected chi connectivity index (χ2v) is 6.77. The molecular weight excluding hydrogens is 298 g/mol. The molecule has 0 aromatic carbocycles. The Morgan fingerprint density at radius 3 is 3.00 bits per heavy atom. The Hall–Kier alpha value is -2.05. The summed E-state index contributed by atoms with van der Waals surface area (Å²) in [7, 11) is 0. The number of aryl methyl sites for hydroxylation is 1. The van der Waals surface area contributed by atoms with Crippen molar-refractivity contribution in [1.29, 1.82) is 0 Å². The topological polar surface area (TPSA) is 84.7 Å². The van der Waals surface area contributed by atoms with E-state index in [4.69, 9.17) is 9.15 Å². The average molecular weight is 321 g/mol. The number of hydrogen-bond acceptors (Lipinski definition) is 5. The first-order valence-corrected chi connectivity index (χ1v) is 8.13. The molecule has 2 aliphatic rings. The zero-order valence-corrected chi connectivity index (χ0v) is 13.8. The third kappa shape index (κ3) is 3.33. The lowest BCUT2D eigenvalue weighted by molar-refractivity contribution is 0.0320. The highest BCUT2D eigenvalue weighted by Crippen LogP contribution is 2.24. The summed E-state index contributed by atoms with van der Waals surface area (Å²) in [6, 6.07) is -0.0488. The van der Waals surface area contributed by atoms with Crippen LogP contribution in [0.2, 0.25) is 0 Å². The lowest BCUT2D eigenvalue weighted by Gasteiger charge is -2.40. The minimum Gasteiger partial charge on any atom is -0.449 e. The number of alkyl carbamates (subject to hydrolysis) is 1. The number of amides is 2. The van der Waals surface area contributed by atoms with Gasteiger partial charge in [-0.1, -0.05) is 13.8 Å². The third-order valence-electron chi connectivity index (χ3n) is 4.39. The molecule has 1 N–H and O–H groups in total. The van der Waals surface area contributed by atoms with Gasteiger partial charge in [-0.25, -0.2) is 9.78 Å². The van der Waals surface area contributed by atoms with Crippen molar-refractivity contribution in [3.63, 3.8) is 0 Å². The molecule has 0 bridgehead atoms. The van der Waals surface area contributed by atoms with Gasteiger partial charge in [-0.3, -0.25) is 4.79 Å². The number of likely N-dealkylation sites (tertiary alicyclic amines) is 1. The van der Waals surface area contributed by atoms with Gasteiger partial charge < -0.3 is 19.4 Å². The molecule has 2 fully saturated rings. The molecular formula is C16H23N3O4. The van der Waals surface area contributed by atoms with Gasteiger partial charge in [0.2, 0.25) is 5.76 Å². The van der Waals surface area contributed by atoms with Gasteiger partial charge >= 0.3 is 6.09 Å². The summed E-state index contributed by atoms with van der Waals surface area (Å²) in [4.78, 5) is 30.2. The summed E-state index contributed by atoms with van der Waals surface area (Å²) < 4.78 is 10.7. The molecule has 7 heteroatoms. The van der Waals surface area contributed by atoms with Crippen LogP contribution < -0.4 is 5.32 Å². The fourth-order valence-electron chi connectivity index (χ4n) is 3.15. The van der Waals surface area contributed by atoms with Crippen LogP contribution in [-0.4, -0.2) is 47.6 Å². The normalized spacial score (nSPS) is 24.2. The van der Waals surface area contributed by atoms with E-state index in [1.54, 1.807) is 11.8 Å². The van der Waals surface area contributed by atoms with Crippen molar-refractivity contribution in [2.45, 2.75) is 39.7 Å². The maximum Gasteiger partial charge on any atom is 0.407 e. The van der Waals surface area contributed by atoms with E-state index in [1.165, 1.54) is 0 Å². The maximum atomic E-state index is 12.7. The summed E-state index contributed by atoms with van der Waals surface area (Å²) in [6.45, 7) is 7.51. The minimum atomic E-state index is -0.407. The van der Waals surface area contributed by atoms with E-state index >= 15 is 0 Å². The third-order valence-corrected chi connectivity index (χ3v) is 4.39. The molecule has 3 rings (SSSR count). The van der Waals surface area contributed by atoms with Crippen LogP contribution in [0.25, 0.3) is 0 Å². The van der Waals surface area contributed by atoms with Crippen molar-refractivity contribution < 1.29 is 18.7 Å². The zero-order valence-electron chi connectivity index (χ0n) is 13.8. The van der Waals surface area contributed by atoms with E-state index < -0.39 is 6.09 Å². The number of nitrogens with zero attached hydrogens (tertiary/aromatic N) is 2. The molecule has 2 saturated heterocycles. The second-order valence-electron chi connectivity index (χ2n) is 6.77. The van der Waals surface area contributed by atoms with Gasteiger partial charge in [0.1, 0.15) is 0 Å². The van der Waals surface area contributed by atoms with Crippen LogP contribution >= 0.6 is 0 Å². The van der Waals surface area contributed by atoms with Gasteiger partial charge in [0.25, 0.3) is 5.91 Å². The molecule has 23 heavy (non-hydrogen) atoms. The number of aromatic nitrogens is 1. The van der Waals surface area contributed by atoms with Crippen molar-refractivity contribution in [1.82, 2.24) is 15.2 Å². The molecule has 2 aliphatic heterocycles. The average Bonchev–Trinajstić information content (AvgIpc) is 2.85. The number of carbonyl (C=O) groups is 2. The number of fused-ring (bicyclic) bond motifs is 1. The van der Waals surface area contributed by atoms with Gasteiger partial charge in [-0.2, -0.15) is 0 Å². The Morgan fingerprint density at radius 1 is 1.48 bits per heavy atom. The van der Waals surface area contributed by atoms with Crippen molar-refractivity contribution in [2.75, 3.05) is 19.7 Å². The number of nitrogens with one attached hydrogen (secondary N) is 1. The van der Waals surface area contributed by atoms with Gasteiger partial charge in [0.05, 0.1) is 18.3 Å². The fraction of sp³-hybridized carbons (Fsp3) is 0.688. The van der Waals surface area contributed by atoms with Crippen molar-refractivity contribution >= 4 is 12.0 Å². The molecule has 0 radical (unpaired) electrons. The molecule has 126 valence electrons. The monoisotopic (exact) mass is 321 g/mol. The molecule has 2 amide bonds. The van der Waals surface area contributed by atoms with Crippen LogP contribution in [0.15, 0.2) is 4.42 Å². The molecule has 2 atom stereocenters. The Morgan fingerprint density at radius 2 is 2.26 bits per heavy atom. The van der Waals surface area contributed by atoms with E-state index in [-0.39, 0.29) is 17.9 Å². The van der Waals surface area contributed by atoms with Crippen LogP contribution in [0.5, 0.6) is 0 Å². The SMILES string of the molecule is Cc1nc(CC(C)C)oc1C(=O)N1CC[C@@H]2COC(=O)N[C@H]2C1. The van der Waals surface area contributed by atoms with Crippen LogP contribution in [0.1, 0.15) is 42.4 Å². The van der Waals surface area contributed by atoms with Crippen molar-refractivity contribution in [2.24, 2.45) is 11.8 Å².